The zero-order valence-electron chi connectivity index (χ0n) is 9.47. The second-order valence-electron chi connectivity index (χ2n) is 3.76. The molecule has 0 fully saturated rings. The molecule has 3 nitrogen and oxygen atoms in total. The molecular formula is C13H13N3S. The van der Waals surface area contributed by atoms with Crippen molar-refractivity contribution >= 4 is 28.7 Å². The molecule has 4 heteroatoms. The van der Waals surface area contributed by atoms with Crippen molar-refractivity contribution in [1.82, 2.24) is 4.98 Å². The number of hydrogen-bond acceptors (Lipinski definition) is 3. The van der Waals surface area contributed by atoms with E-state index in [1.165, 1.54) is 5.56 Å². The summed E-state index contributed by atoms with van der Waals surface area (Å²) in [6, 6.07) is 11.7. The Balaban J connectivity index is 2.33. The normalized spacial score (nSPS) is 9.94. The zero-order chi connectivity index (χ0) is 12.3. The van der Waals surface area contributed by atoms with Gasteiger partial charge in [0.25, 0.3) is 0 Å². The highest BCUT2D eigenvalue weighted by molar-refractivity contribution is 7.80. The topological polar surface area (TPSA) is 50.9 Å². The average molecular weight is 243 g/mol. The summed E-state index contributed by atoms with van der Waals surface area (Å²) >= 11 is 4.99. The first-order valence-electron chi connectivity index (χ1n) is 5.25. The number of pyridine rings is 1. The predicted molar refractivity (Wildman–Crippen MR) is 74.6 cm³/mol. The smallest absolute Gasteiger partial charge is 0.140 e. The number of nitrogens with one attached hydrogen (secondary N) is 1. The van der Waals surface area contributed by atoms with E-state index in [-0.39, 0.29) is 0 Å². The molecule has 0 unspecified atom stereocenters. The summed E-state index contributed by atoms with van der Waals surface area (Å²) in [4.78, 5) is 4.59. The van der Waals surface area contributed by atoms with Crippen molar-refractivity contribution in [3.63, 3.8) is 0 Å². The van der Waals surface area contributed by atoms with Crippen molar-refractivity contribution in [1.29, 1.82) is 0 Å². The maximum atomic E-state index is 5.65. The van der Waals surface area contributed by atoms with Crippen LogP contribution in [-0.4, -0.2) is 9.97 Å². The molecule has 0 saturated heterocycles. The van der Waals surface area contributed by atoms with Crippen molar-refractivity contribution in [2.24, 2.45) is 5.73 Å². The molecule has 0 spiro atoms. The number of thiocarbonyl (C=S) groups is 1. The van der Waals surface area contributed by atoms with E-state index in [9.17, 15) is 0 Å². The van der Waals surface area contributed by atoms with Gasteiger partial charge in [-0.25, -0.2) is 4.98 Å². The monoisotopic (exact) mass is 243 g/mol. The van der Waals surface area contributed by atoms with Crippen LogP contribution in [0.5, 0.6) is 0 Å². The number of nitrogens with zero attached hydrogens (tertiary/aromatic N) is 1. The number of hydrogen-bond donors (Lipinski definition) is 2. The Bertz CT molecular complexity index is 552. The molecule has 86 valence electrons. The number of benzene rings is 1. The fourth-order valence-corrected chi connectivity index (χ4v) is 1.73. The van der Waals surface area contributed by atoms with Gasteiger partial charge in [-0.1, -0.05) is 24.4 Å². The van der Waals surface area contributed by atoms with E-state index >= 15 is 0 Å². The first-order valence-corrected chi connectivity index (χ1v) is 5.66. The third-order valence-electron chi connectivity index (χ3n) is 2.35. The molecule has 1 aromatic heterocycles. The van der Waals surface area contributed by atoms with E-state index in [2.05, 4.69) is 10.3 Å². The Morgan fingerprint density at radius 3 is 2.82 bits per heavy atom. The molecule has 1 heterocycles. The SMILES string of the molecule is Cc1cccc(Nc2ncccc2C(N)=S)c1. The van der Waals surface area contributed by atoms with E-state index in [4.69, 9.17) is 18.0 Å². The fraction of sp³-hybridized carbons (Fsp3) is 0.0769. The highest BCUT2D eigenvalue weighted by atomic mass is 32.1. The minimum absolute atomic E-state index is 0.341. The average Bonchev–Trinajstić information content (AvgIpc) is 2.29. The van der Waals surface area contributed by atoms with E-state index in [0.717, 1.165) is 11.3 Å². The van der Waals surface area contributed by atoms with Gasteiger partial charge in [0.15, 0.2) is 0 Å². The van der Waals surface area contributed by atoms with Crippen LogP contribution in [0.1, 0.15) is 11.1 Å². The van der Waals surface area contributed by atoms with E-state index in [0.29, 0.717) is 10.8 Å². The highest BCUT2D eigenvalue weighted by Crippen LogP contribution is 2.18. The second kappa shape index (κ2) is 4.93. The van der Waals surface area contributed by atoms with Crippen LogP contribution in [0.25, 0.3) is 0 Å². The van der Waals surface area contributed by atoms with E-state index < -0.39 is 0 Å². The van der Waals surface area contributed by atoms with Gasteiger partial charge in [-0.3, -0.25) is 0 Å². The summed E-state index contributed by atoms with van der Waals surface area (Å²) in [5.41, 5.74) is 8.56. The Hall–Kier alpha value is -1.94. The van der Waals surface area contributed by atoms with Gasteiger partial charge in [0.2, 0.25) is 0 Å². The van der Waals surface area contributed by atoms with Crippen LogP contribution < -0.4 is 11.1 Å². The molecule has 0 aliphatic rings. The number of rotatable bonds is 3. The van der Waals surface area contributed by atoms with Gasteiger partial charge in [0.05, 0.1) is 5.56 Å². The Kier molecular flexibility index (Phi) is 3.35. The minimum atomic E-state index is 0.341. The van der Waals surface area contributed by atoms with Crippen LogP contribution in [0.3, 0.4) is 0 Å². The van der Waals surface area contributed by atoms with Crippen LogP contribution in [0.2, 0.25) is 0 Å². The number of aromatic nitrogens is 1. The van der Waals surface area contributed by atoms with Crippen molar-refractivity contribution in [3.8, 4) is 0 Å². The molecule has 2 aromatic rings. The largest absolute Gasteiger partial charge is 0.389 e. The fourth-order valence-electron chi connectivity index (χ4n) is 1.56. The summed E-state index contributed by atoms with van der Waals surface area (Å²) in [6.07, 6.45) is 1.71. The van der Waals surface area contributed by atoms with Gasteiger partial charge < -0.3 is 11.1 Å². The minimum Gasteiger partial charge on any atom is -0.389 e. The quantitative estimate of drug-likeness (QED) is 0.814. The lowest BCUT2D eigenvalue weighted by Gasteiger charge is -2.10. The lowest BCUT2D eigenvalue weighted by Crippen LogP contribution is -2.12. The molecular weight excluding hydrogens is 230 g/mol. The molecule has 0 aliphatic heterocycles. The Morgan fingerprint density at radius 2 is 2.12 bits per heavy atom. The number of nitrogens with two attached hydrogens (primary N) is 1. The van der Waals surface area contributed by atoms with Gasteiger partial charge in [0.1, 0.15) is 10.8 Å². The molecule has 0 bridgehead atoms. The summed E-state index contributed by atoms with van der Waals surface area (Å²) < 4.78 is 0. The van der Waals surface area contributed by atoms with Gasteiger partial charge in [-0.2, -0.15) is 0 Å². The third kappa shape index (κ3) is 2.79. The standard InChI is InChI=1S/C13H13N3S/c1-9-4-2-5-10(8-9)16-13-11(12(14)17)6-3-7-15-13/h2-8H,1H3,(H2,14,17)(H,15,16). The van der Waals surface area contributed by atoms with Crippen LogP contribution in [-0.2, 0) is 0 Å². The number of aryl methyl sites for hydroxylation is 1. The Morgan fingerprint density at radius 1 is 1.29 bits per heavy atom. The maximum absolute atomic E-state index is 5.65. The van der Waals surface area contributed by atoms with Crippen molar-refractivity contribution in [2.45, 2.75) is 6.92 Å². The predicted octanol–water partition coefficient (Wildman–Crippen LogP) is 2.77. The zero-order valence-corrected chi connectivity index (χ0v) is 10.3. The van der Waals surface area contributed by atoms with Gasteiger partial charge in [0, 0.05) is 11.9 Å². The lowest BCUT2D eigenvalue weighted by atomic mass is 10.2. The summed E-state index contributed by atoms with van der Waals surface area (Å²) in [7, 11) is 0. The number of anilines is 2. The van der Waals surface area contributed by atoms with Crippen LogP contribution >= 0.6 is 12.2 Å². The van der Waals surface area contributed by atoms with Crippen LogP contribution in [0.4, 0.5) is 11.5 Å². The van der Waals surface area contributed by atoms with Crippen molar-refractivity contribution < 1.29 is 0 Å². The molecule has 1 aromatic carbocycles. The van der Waals surface area contributed by atoms with Crippen molar-refractivity contribution in [3.05, 3.63) is 53.7 Å². The van der Waals surface area contributed by atoms with Gasteiger partial charge in [-0.05, 0) is 36.8 Å². The molecule has 3 N–H and O–H groups in total. The first kappa shape index (κ1) is 11.5. The molecule has 0 radical (unpaired) electrons. The molecule has 2 rings (SSSR count). The lowest BCUT2D eigenvalue weighted by molar-refractivity contribution is 1.29. The van der Waals surface area contributed by atoms with E-state index in [1.54, 1.807) is 6.20 Å². The molecule has 0 amide bonds. The summed E-state index contributed by atoms with van der Waals surface area (Å²) in [6.45, 7) is 2.04. The van der Waals surface area contributed by atoms with Gasteiger partial charge in [-0.15, -0.1) is 0 Å². The molecule has 0 atom stereocenters. The molecule has 0 aliphatic carbocycles. The summed E-state index contributed by atoms with van der Waals surface area (Å²) in [5, 5.41) is 3.22. The Labute approximate surface area is 106 Å². The van der Waals surface area contributed by atoms with E-state index in [1.807, 2.05) is 43.3 Å². The second-order valence-corrected chi connectivity index (χ2v) is 4.20. The van der Waals surface area contributed by atoms with Gasteiger partial charge >= 0.3 is 0 Å². The molecule has 17 heavy (non-hydrogen) atoms. The third-order valence-corrected chi connectivity index (χ3v) is 2.57. The van der Waals surface area contributed by atoms with Crippen LogP contribution in [0, 0.1) is 6.92 Å². The van der Waals surface area contributed by atoms with Crippen molar-refractivity contribution in [2.75, 3.05) is 5.32 Å². The maximum Gasteiger partial charge on any atom is 0.140 e. The first-order chi connectivity index (χ1) is 8.16. The molecule has 0 saturated carbocycles. The highest BCUT2D eigenvalue weighted by Gasteiger charge is 2.05. The van der Waals surface area contributed by atoms with Crippen LogP contribution in [0.15, 0.2) is 42.6 Å². The summed E-state index contributed by atoms with van der Waals surface area (Å²) in [5.74, 6) is 0.686.